The second-order valence-electron chi connectivity index (χ2n) is 11.9. The van der Waals surface area contributed by atoms with E-state index < -0.39 is 0 Å². The summed E-state index contributed by atoms with van der Waals surface area (Å²) in [5, 5.41) is 8.25. The van der Waals surface area contributed by atoms with Gasteiger partial charge in [0.25, 0.3) is 0 Å². The van der Waals surface area contributed by atoms with Gasteiger partial charge in [0.2, 0.25) is 6.23 Å². The number of aromatic amines is 2. The molecule has 3 aliphatic heterocycles. The Labute approximate surface area is 261 Å². The summed E-state index contributed by atoms with van der Waals surface area (Å²) < 4.78 is 9.18. The van der Waals surface area contributed by atoms with Gasteiger partial charge in [0.1, 0.15) is 17.4 Å². The van der Waals surface area contributed by atoms with Crippen LogP contribution in [0.1, 0.15) is 61.2 Å². The third kappa shape index (κ3) is 4.53. The fourth-order valence-electron chi connectivity index (χ4n) is 7.03. The van der Waals surface area contributed by atoms with E-state index in [0.29, 0.717) is 12.1 Å². The maximum Gasteiger partial charge on any atom is 0.203 e. The molecule has 2 saturated heterocycles. The smallest absolute Gasteiger partial charge is 0.203 e. The van der Waals surface area contributed by atoms with Gasteiger partial charge in [-0.1, -0.05) is 42.5 Å². The molecule has 0 amide bonds. The van der Waals surface area contributed by atoms with Crippen LogP contribution in [-0.4, -0.2) is 37.6 Å². The second kappa shape index (κ2) is 11.0. The number of nitrogens with zero attached hydrogens (tertiary/aromatic N) is 3. The highest BCUT2D eigenvalue weighted by molar-refractivity contribution is 5.92. The molecule has 6 heterocycles. The average molecular weight is 604 g/mol. The van der Waals surface area contributed by atoms with Crippen molar-refractivity contribution in [2.24, 2.45) is 0 Å². The van der Waals surface area contributed by atoms with Crippen LogP contribution in [0, 0.1) is 0 Å². The molecule has 0 unspecified atom stereocenters. The lowest BCUT2D eigenvalue weighted by molar-refractivity contribution is 0.173. The van der Waals surface area contributed by atoms with Crippen LogP contribution in [0.3, 0.4) is 0 Å². The van der Waals surface area contributed by atoms with Gasteiger partial charge in [-0.2, -0.15) is 0 Å². The first-order valence-electron chi connectivity index (χ1n) is 15.4. The van der Waals surface area contributed by atoms with Crippen LogP contribution in [0.25, 0.3) is 44.7 Å². The molecular formula is C35H34ClN7O. The number of benzene rings is 3. The van der Waals surface area contributed by atoms with Gasteiger partial charge in [-0.15, -0.1) is 12.4 Å². The van der Waals surface area contributed by atoms with Crippen molar-refractivity contribution in [3.8, 4) is 39.5 Å². The second-order valence-corrected chi connectivity index (χ2v) is 11.9. The summed E-state index contributed by atoms with van der Waals surface area (Å²) in [5.41, 5.74) is 8.74. The molecule has 4 N–H and O–H groups in total. The van der Waals surface area contributed by atoms with Gasteiger partial charge in [0.05, 0.1) is 47.1 Å². The molecule has 44 heavy (non-hydrogen) atoms. The standard InChI is InChI=1S/C35H33N7O.ClH/c1-2-6-21(7-3-1)35-42-30-13-11-22(28-19-38-33(40-28)26-8-4-14-36-26)16-24(30)17-31(42)25-12-10-23(18-32(25)43-35)29-20-39-34(41-29)27-9-5-15-37-27;/h1-3,6-7,10-13,16-20,26-27,35-37H,4-5,8-9,14-15H2,(H,38,40)(H,39,41);1H/t26-,27-,35-;/m0./s1. The Bertz CT molecular complexity index is 1950. The number of nitrogens with one attached hydrogen (secondary N) is 4. The summed E-state index contributed by atoms with van der Waals surface area (Å²) >= 11 is 0. The Morgan fingerprint density at radius 3 is 2.05 bits per heavy atom. The zero-order valence-corrected chi connectivity index (χ0v) is 25.0. The number of halogens is 1. The van der Waals surface area contributed by atoms with Crippen LogP contribution in [-0.2, 0) is 0 Å². The first-order valence-corrected chi connectivity index (χ1v) is 15.4. The minimum atomic E-state index is -0.283. The summed E-state index contributed by atoms with van der Waals surface area (Å²) in [6.07, 6.45) is 8.24. The molecule has 3 aromatic heterocycles. The number of aromatic nitrogens is 5. The Morgan fingerprint density at radius 2 is 1.39 bits per heavy atom. The maximum absolute atomic E-state index is 6.85. The predicted molar refractivity (Wildman–Crippen MR) is 175 cm³/mol. The van der Waals surface area contributed by atoms with Crippen LogP contribution in [0.2, 0.25) is 0 Å². The van der Waals surface area contributed by atoms with Crippen molar-refractivity contribution in [2.75, 3.05) is 13.1 Å². The molecule has 0 radical (unpaired) electrons. The normalized spacial score (nSPS) is 20.7. The van der Waals surface area contributed by atoms with Crippen molar-refractivity contribution in [3.63, 3.8) is 0 Å². The zero-order chi connectivity index (χ0) is 28.3. The molecule has 9 heteroatoms. The van der Waals surface area contributed by atoms with Crippen molar-refractivity contribution < 1.29 is 4.74 Å². The van der Waals surface area contributed by atoms with Crippen LogP contribution < -0.4 is 15.4 Å². The third-order valence-electron chi connectivity index (χ3n) is 9.25. The van der Waals surface area contributed by atoms with E-state index in [0.717, 1.165) is 88.2 Å². The molecule has 8 nitrogen and oxygen atoms in total. The number of hydrogen-bond donors (Lipinski definition) is 4. The third-order valence-corrected chi connectivity index (χ3v) is 9.25. The van der Waals surface area contributed by atoms with Crippen molar-refractivity contribution in [1.29, 1.82) is 0 Å². The number of ether oxygens (including phenoxy) is 1. The summed E-state index contributed by atoms with van der Waals surface area (Å²) in [5.74, 6) is 2.90. The lowest BCUT2D eigenvalue weighted by atomic mass is 10.0. The molecule has 0 bridgehead atoms. The van der Waals surface area contributed by atoms with Gasteiger partial charge in [0, 0.05) is 27.6 Å². The first kappa shape index (κ1) is 27.2. The SMILES string of the molecule is Cl.c1ccc([C@@H]2Oc3cc(-c4cnc([C@@H]5CCCN5)[nH]4)ccc3-c3cc4cc(-c5cnc([C@@H]6CCCN6)[nH]5)ccc4n32)cc1. The van der Waals surface area contributed by atoms with Gasteiger partial charge in [0.15, 0.2) is 0 Å². The van der Waals surface area contributed by atoms with Crippen molar-refractivity contribution >= 4 is 23.3 Å². The molecule has 9 rings (SSSR count). The molecule has 0 aliphatic carbocycles. The number of H-pyrrole nitrogens is 2. The lowest BCUT2D eigenvalue weighted by Gasteiger charge is -2.30. The monoisotopic (exact) mass is 603 g/mol. The highest BCUT2D eigenvalue weighted by Gasteiger charge is 2.30. The largest absolute Gasteiger partial charge is 0.465 e. The van der Waals surface area contributed by atoms with Gasteiger partial charge < -0.3 is 29.9 Å². The Morgan fingerprint density at radius 1 is 0.727 bits per heavy atom. The van der Waals surface area contributed by atoms with Crippen LogP contribution >= 0.6 is 12.4 Å². The molecule has 3 aliphatic rings. The van der Waals surface area contributed by atoms with Crippen LogP contribution in [0.15, 0.2) is 85.2 Å². The van der Waals surface area contributed by atoms with Gasteiger partial charge in [-0.05, 0) is 69.1 Å². The summed E-state index contributed by atoms with van der Waals surface area (Å²) in [4.78, 5) is 16.5. The van der Waals surface area contributed by atoms with Crippen LogP contribution in [0.4, 0.5) is 0 Å². The molecule has 222 valence electrons. The molecule has 0 spiro atoms. The Hall–Kier alpha value is -4.37. The van der Waals surface area contributed by atoms with Crippen molar-refractivity contribution in [1.82, 2.24) is 35.1 Å². The number of imidazole rings is 2. The fraction of sp³-hybridized carbons (Fsp3) is 0.257. The molecule has 0 saturated carbocycles. The van der Waals surface area contributed by atoms with E-state index in [9.17, 15) is 0 Å². The fourth-order valence-corrected chi connectivity index (χ4v) is 7.03. The topological polar surface area (TPSA) is 95.6 Å². The summed E-state index contributed by atoms with van der Waals surface area (Å²) in [7, 11) is 0. The molecular weight excluding hydrogens is 570 g/mol. The van der Waals surface area contributed by atoms with E-state index in [1.807, 2.05) is 18.5 Å². The number of rotatable bonds is 5. The Kier molecular flexibility index (Phi) is 6.78. The molecule has 3 atom stereocenters. The molecule has 2 fully saturated rings. The Balaban J connectivity index is 0.00000289. The maximum atomic E-state index is 6.85. The lowest BCUT2D eigenvalue weighted by Crippen LogP contribution is -2.22. The van der Waals surface area contributed by atoms with Gasteiger partial charge in [-0.3, -0.25) is 0 Å². The first-order chi connectivity index (χ1) is 21.3. The van der Waals surface area contributed by atoms with Crippen molar-refractivity contribution in [2.45, 2.75) is 44.0 Å². The summed E-state index contributed by atoms with van der Waals surface area (Å²) in [6, 6.07) is 26.6. The number of hydrogen-bond acceptors (Lipinski definition) is 5. The van der Waals surface area contributed by atoms with Gasteiger partial charge in [-0.25, -0.2) is 9.97 Å². The van der Waals surface area contributed by atoms with E-state index in [1.54, 1.807) is 0 Å². The highest BCUT2D eigenvalue weighted by Crippen LogP contribution is 2.46. The minimum absolute atomic E-state index is 0. The quantitative estimate of drug-likeness (QED) is 0.166. The minimum Gasteiger partial charge on any atom is -0.465 e. The van der Waals surface area contributed by atoms with E-state index >= 15 is 0 Å². The highest BCUT2D eigenvalue weighted by atomic mass is 35.5. The molecule has 3 aromatic carbocycles. The van der Waals surface area contributed by atoms with E-state index in [1.165, 1.54) is 18.2 Å². The van der Waals surface area contributed by atoms with E-state index in [4.69, 9.17) is 14.7 Å². The molecule has 6 aromatic rings. The van der Waals surface area contributed by atoms with E-state index in [2.05, 4.69) is 91.9 Å². The average Bonchev–Trinajstić information content (AvgIpc) is 3.89. The van der Waals surface area contributed by atoms with E-state index in [-0.39, 0.29) is 18.6 Å². The van der Waals surface area contributed by atoms with Gasteiger partial charge >= 0.3 is 0 Å². The zero-order valence-electron chi connectivity index (χ0n) is 24.2. The summed E-state index contributed by atoms with van der Waals surface area (Å²) in [6.45, 7) is 2.10. The predicted octanol–water partition coefficient (Wildman–Crippen LogP) is 7.30. The van der Waals surface area contributed by atoms with Crippen LogP contribution in [0.5, 0.6) is 5.75 Å². The number of fused-ring (bicyclic) bond motifs is 5. The van der Waals surface area contributed by atoms with Crippen molar-refractivity contribution in [3.05, 3.63) is 102 Å².